The van der Waals surface area contributed by atoms with Crippen LogP contribution in [-0.4, -0.2) is 40.6 Å². The van der Waals surface area contributed by atoms with Gasteiger partial charge in [-0.05, 0) is 38.8 Å². The molecular formula is C24H24N8O2. The summed E-state index contributed by atoms with van der Waals surface area (Å²) >= 11 is 0. The van der Waals surface area contributed by atoms with Gasteiger partial charge < -0.3 is 15.4 Å². The highest BCUT2D eigenvalue weighted by atomic mass is 16.5. The van der Waals surface area contributed by atoms with Crippen molar-refractivity contribution in [3.63, 3.8) is 0 Å². The van der Waals surface area contributed by atoms with Gasteiger partial charge in [-0.2, -0.15) is 15.3 Å². The fourth-order valence-corrected chi connectivity index (χ4v) is 4.32. The maximum absolute atomic E-state index is 10.0. The number of hydrogen-bond acceptors (Lipinski definition) is 9. The van der Waals surface area contributed by atoms with Gasteiger partial charge in [-0.3, -0.25) is 9.67 Å². The highest BCUT2D eigenvalue weighted by molar-refractivity contribution is 5.64. The fourth-order valence-electron chi connectivity index (χ4n) is 4.32. The van der Waals surface area contributed by atoms with Gasteiger partial charge in [0.25, 0.3) is 5.89 Å². The van der Waals surface area contributed by atoms with E-state index in [2.05, 4.69) is 31.3 Å². The number of nitriles is 1. The molecule has 10 nitrogen and oxygen atoms in total. The summed E-state index contributed by atoms with van der Waals surface area (Å²) in [7, 11) is 0. The van der Waals surface area contributed by atoms with Gasteiger partial charge in [0.05, 0.1) is 40.6 Å². The van der Waals surface area contributed by atoms with Crippen molar-refractivity contribution in [3.05, 3.63) is 59.9 Å². The Morgan fingerprint density at radius 1 is 1.21 bits per heavy atom. The number of pyridine rings is 2. The van der Waals surface area contributed by atoms with Crippen LogP contribution in [0.5, 0.6) is 0 Å². The van der Waals surface area contributed by atoms with E-state index >= 15 is 0 Å². The van der Waals surface area contributed by atoms with Gasteiger partial charge >= 0.3 is 0 Å². The number of hydrogen-bond donors (Lipinski definition) is 2. The Kier molecular flexibility index (Phi) is 5.14. The molecule has 1 fully saturated rings. The zero-order valence-electron chi connectivity index (χ0n) is 18.9. The summed E-state index contributed by atoms with van der Waals surface area (Å²) in [4.78, 5) is 13.4. The molecule has 172 valence electrons. The van der Waals surface area contributed by atoms with E-state index in [1.807, 2.05) is 12.1 Å². The second-order valence-electron chi connectivity index (χ2n) is 9.30. The standard InChI is InChI=1S/C24H24N8O2/c1-23(2,33)14-32-13-17(12-28-32)21-30-22(31-34-21)24(6-3-7-24)18-4-5-19(29-20(18)26)16-8-15(9-25)10-27-11-16/h4-5,8,10-13,33H,3,6-7,14H2,1-2H3,(H2,26,29). The van der Waals surface area contributed by atoms with Crippen molar-refractivity contribution in [2.24, 2.45) is 0 Å². The average Bonchev–Trinajstić information content (AvgIpc) is 3.43. The smallest absolute Gasteiger partial charge is 0.261 e. The predicted octanol–water partition coefficient (Wildman–Crippen LogP) is 3.08. The van der Waals surface area contributed by atoms with Crippen LogP contribution in [0, 0.1) is 11.3 Å². The number of aromatic nitrogens is 6. The molecule has 0 radical (unpaired) electrons. The topological polar surface area (TPSA) is 153 Å². The van der Waals surface area contributed by atoms with Gasteiger partial charge in [0.15, 0.2) is 5.82 Å². The van der Waals surface area contributed by atoms with Crippen LogP contribution < -0.4 is 5.73 Å². The summed E-state index contributed by atoms with van der Waals surface area (Å²) in [6.45, 7) is 3.79. The molecular weight excluding hydrogens is 432 g/mol. The van der Waals surface area contributed by atoms with Crippen molar-refractivity contribution in [1.82, 2.24) is 29.9 Å². The van der Waals surface area contributed by atoms with Crippen molar-refractivity contribution >= 4 is 5.82 Å². The Hall–Kier alpha value is -4.10. The third kappa shape index (κ3) is 3.91. The first kappa shape index (κ1) is 21.7. The molecule has 0 bridgehead atoms. The Morgan fingerprint density at radius 2 is 2.03 bits per heavy atom. The lowest BCUT2D eigenvalue weighted by Gasteiger charge is -2.39. The second-order valence-corrected chi connectivity index (χ2v) is 9.30. The summed E-state index contributed by atoms with van der Waals surface area (Å²) in [6, 6.07) is 7.65. The van der Waals surface area contributed by atoms with Crippen LogP contribution in [0.1, 0.15) is 50.1 Å². The number of aliphatic hydroxyl groups is 1. The van der Waals surface area contributed by atoms with Crippen LogP contribution in [0.2, 0.25) is 0 Å². The van der Waals surface area contributed by atoms with Crippen molar-refractivity contribution < 1.29 is 9.63 Å². The van der Waals surface area contributed by atoms with Crippen LogP contribution in [0.3, 0.4) is 0 Å². The van der Waals surface area contributed by atoms with E-state index in [0.717, 1.165) is 30.4 Å². The zero-order chi connectivity index (χ0) is 23.9. The molecule has 34 heavy (non-hydrogen) atoms. The van der Waals surface area contributed by atoms with Crippen LogP contribution in [0.4, 0.5) is 5.82 Å². The predicted molar refractivity (Wildman–Crippen MR) is 123 cm³/mol. The third-order valence-corrected chi connectivity index (χ3v) is 6.09. The molecule has 0 atom stereocenters. The lowest BCUT2D eigenvalue weighted by molar-refractivity contribution is 0.0577. The number of anilines is 1. The molecule has 1 saturated carbocycles. The first-order valence-electron chi connectivity index (χ1n) is 11.0. The number of nitrogen functional groups attached to an aromatic ring is 1. The van der Waals surface area contributed by atoms with E-state index in [1.54, 1.807) is 43.2 Å². The van der Waals surface area contributed by atoms with Gasteiger partial charge in [0.1, 0.15) is 11.9 Å². The van der Waals surface area contributed by atoms with Crippen molar-refractivity contribution in [2.45, 2.75) is 50.7 Å². The van der Waals surface area contributed by atoms with Crippen LogP contribution in [-0.2, 0) is 12.0 Å². The highest BCUT2D eigenvalue weighted by Crippen LogP contribution is 2.49. The molecule has 0 spiro atoms. The van der Waals surface area contributed by atoms with Crippen molar-refractivity contribution in [3.8, 4) is 28.8 Å². The van der Waals surface area contributed by atoms with Crippen LogP contribution in [0.15, 0.2) is 47.5 Å². The molecule has 3 N–H and O–H groups in total. The molecule has 1 aliphatic carbocycles. The van der Waals surface area contributed by atoms with Gasteiger partial charge in [-0.1, -0.05) is 17.6 Å². The van der Waals surface area contributed by atoms with Gasteiger partial charge in [-0.15, -0.1) is 0 Å². The number of rotatable bonds is 6. The maximum atomic E-state index is 10.0. The first-order chi connectivity index (χ1) is 16.3. The summed E-state index contributed by atoms with van der Waals surface area (Å²) in [6.07, 6.45) is 9.27. The number of nitrogens with zero attached hydrogens (tertiary/aromatic N) is 7. The third-order valence-electron chi connectivity index (χ3n) is 6.09. The summed E-state index contributed by atoms with van der Waals surface area (Å²) in [5.74, 6) is 1.33. The SMILES string of the molecule is CC(C)(O)Cn1cc(-c2nc(C3(c4ccc(-c5cncc(C#N)c5)nc4N)CCC3)no2)cn1. The van der Waals surface area contributed by atoms with E-state index in [-0.39, 0.29) is 0 Å². The Labute approximate surface area is 196 Å². The molecule has 0 amide bonds. The molecule has 0 saturated heterocycles. The lowest BCUT2D eigenvalue weighted by Crippen LogP contribution is -2.37. The molecule has 5 rings (SSSR count). The molecule has 0 aromatic carbocycles. The lowest BCUT2D eigenvalue weighted by atomic mass is 9.64. The molecule has 4 aromatic heterocycles. The fraction of sp³-hybridized carbons (Fsp3) is 0.333. The van der Waals surface area contributed by atoms with Crippen LogP contribution >= 0.6 is 0 Å². The molecule has 1 aliphatic rings. The summed E-state index contributed by atoms with van der Waals surface area (Å²) in [5, 5.41) is 27.7. The summed E-state index contributed by atoms with van der Waals surface area (Å²) < 4.78 is 7.23. The highest BCUT2D eigenvalue weighted by Gasteiger charge is 2.46. The molecule has 0 unspecified atom stereocenters. The Morgan fingerprint density at radius 3 is 2.71 bits per heavy atom. The normalized spacial score (nSPS) is 15.0. The largest absolute Gasteiger partial charge is 0.389 e. The maximum Gasteiger partial charge on any atom is 0.261 e. The van der Waals surface area contributed by atoms with E-state index in [0.29, 0.717) is 40.9 Å². The first-order valence-corrected chi connectivity index (χ1v) is 11.0. The Bertz CT molecular complexity index is 1390. The Balaban J connectivity index is 1.45. The van der Waals surface area contributed by atoms with E-state index in [1.165, 1.54) is 6.20 Å². The summed E-state index contributed by atoms with van der Waals surface area (Å²) in [5.41, 5.74) is 8.45. The van der Waals surface area contributed by atoms with Crippen molar-refractivity contribution in [2.75, 3.05) is 5.73 Å². The average molecular weight is 457 g/mol. The van der Waals surface area contributed by atoms with Gasteiger partial charge in [0.2, 0.25) is 0 Å². The molecule has 4 aromatic rings. The van der Waals surface area contributed by atoms with E-state index in [4.69, 9.17) is 15.5 Å². The van der Waals surface area contributed by atoms with Crippen molar-refractivity contribution in [1.29, 1.82) is 5.26 Å². The quantitative estimate of drug-likeness (QED) is 0.445. The minimum atomic E-state index is -0.887. The number of nitrogens with two attached hydrogens (primary N) is 1. The molecule has 10 heteroatoms. The molecule has 0 aliphatic heterocycles. The van der Waals surface area contributed by atoms with E-state index in [9.17, 15) is 5.11 Å². The monoisotopic (exact) mass is 456 g/mol. The minimum Gasteiger partial charge on any atom is -0.389 e. The van der Waals surface area contributed by atoms with E-state index < -0.39 is 11.0 Å². The van der Waals surface area contributed by atoms with Gasteiger partial charge in [-0.25, -0.2) is 4.98 Å². The van der Waals surface area contributed by atoms with Gasteiger partial charge in [0, 0.05) is 29.7 Å². The minimum absolute atomic E-state index is 0.347. The van der Waals surface area contributed by atoms with Crippen LogP contribution in [0.25, 0.3) is 22.7 Å². The second kappa shape index (κ2) is 8.04. The zero-order valence-corrected chi connectivity index (χ0v) is 18.9. The molecule has 4 heterocycles.